The van der Waals surface area contributed by atoms with Crippen molar-refractivity contribution in [2.75, 3.05) is 0 Å². The summed E-state index contributed by atoms with van der Waals surface area (Å²) in [6.07, 6.45) is 8.38. The Hall–Kier alpha value is -1.26. The Morgan fingerprint density at radius 3 is 1.30 bits per heavy atom. The lowest BCUT2D eigenvalue weighted by molar-refractivity contribution is 0.115. The third-order valence-corrected chi connectivity index (χ3v) is 17.7. The van der Waals surface area contributed by atoms with E-state index >= 15 is 8.78 Å². The maximum absolute atomic E-state index is 15.4. The Balaban J connectivity index is 2.27. The van der Waals surface area contributed by atoms with Gasteiger partial charge < -0.3 is 0 Å². The fourth-order valence-corrected chi connectivity index (χ4v) is 22.7. The fraction of sp³-hybridized carbons (Fsp3) is 0.520. The Morgan fingerprint density at radius 1 is 0.576 bits per heavy atom. The van der Waals surface area contributed by atoms with Crippen molar-refractivity contribution in [1.29, 1.82) is 0 Å². The normalized spacial score (nSPS) is 31.2. The fourth-order valence-electron chi connectivity index (χ4n) is 7.97. The summed E-state index contributed by atoms with van der Waals surface area (Å²) in [6, 6.07) is 0. The SMILES string of the molecule is C[Si](C)(C)C1=C(c2c(F)c(F)c(F)c(F)c2F)C2([Si](C)(C)C)[C@@H]3C=CC=C[C@@H]3C12[Si](C)(C)C. The van der Waals surface area contributed by atoms with Crippen molar-refractivity contribution in [1.82, 2.24) is 0 Å². The highest BCUT2D eigenvalue weighted by atomic mass is 28.3. The van der Waals surface area contributed by atoms with E-state index in [-0.39, 0.29) is 16.9 Å². The van der Waals surface area contributed by atoms with E-state index in [4.69, 9.17) is 0 Å². The minimum atomic E-state index is -2.28. The molecule has 0 spiro atoms. The van der Waals surface area contributed by atoms with Gasteiger partial charge in [-0.15, -0.1) is 0 Å². The van der Waals surface area contributed by atoms with Crippen molar-refractivity contribution in [2.45, 2.75) is 69.0 Å². The molecule has 1 saturated carbocycles. The third kappa shape index (κ3) is 2.60. The maximum atomic E-state index is 15.4. The highest BCUT2D eigenvalue weighted by molar-refractivity contribution is 6.96. The summed E-state index contributed by atoms with van der Waals surface area (Å²) in [6.45, 7) is 19.9. The van der Waals surface area contributed by atoms with Gasteiger partial charge in [0.1, 0.15) is 0 Å². The molecule has 1 aromatic carbocycles. The van der Waals surface area contributed by atoms with Gasteiger partial charge in [0.05, 0.1) is 29.8 Å². The molecule has 3 aliphatic carbocycles. The molecule has 0 heterocycles. The van der Waals surface area contributed by atoms with E-state index in [0.29, 0.717) is 5.57 Å². The first-order chi connectivity index (χ1) is 14.9. The standard InChI is InChI=1S/C25H33F5Si3/c1-31(2,3)23-17(16-18(26)20(28)22(30)21(29)19(16)27)24(32(4,5)6)14-12-10-11-13-15(14)25(23,24)33(7,8)9/h10-15H,1-9H3/t14-,15+,24?,25?/m1/s1. The van der Waals surface area contributed by atoms with Gasteiger partial charge in [-0.25, -0.2) is 22.0 Å². The van der Waals surface area contributed by atoms with Crippen LogP contribution < -0.4 is 0 Å². The molecule has 8 heteroatoms. The zero-order valence-corrected chi connectivity index (χ0v) is 23.9. The number of allylic oxidation sites excluding steroid dienone is 6. The minimum Gasteiger partial charge on any atom is -0.203 e. The van der Waals surface area contributed by atoms with E-state index in [0.717, 1.165) is 5.20 Å². The predicted octanol–water partition coefficient (Wildman–Crippen LogP) is 8.56. The Morgan fingerprint density at radius 2 is 0.939 bits per heavy atom. The Labute approximate surface area is 196 Å². The molecule has 0 aromatic heterocycles. The predicted molar refractivity (Wildman–Crippen MR) is 134 cm³/mol. The number of rotatable bonds is 4. The molecule has 0 aliphatic heterocycles. The molecule has 2 unspecified atom stereocenters. The summed E-state index contributed by atoms with van der Waals surface area (Å²) in [5.41, 5.74) is -0.209. The van der Waals surface area contributed by atoms with E-state index in [9.17, 15) is 13.2 Å². The van der Waals surface area contributed by atoms with Gasteiger partial charge in [0.2, 0.25) is 5.82 Å². The first-order valence-corrected chi connectivity index (χ1v) is 22.0. The number of halogens is 5. The van der Waals surface area contributed by atoms with Gasteiger partial charge in [0.15, 0.2) is 23.3 Å². The molecule has 0 saturated heterocycles. The highest BCUT2D eigenvalue weighted by Crippen LogP contribution is 2.96. The molecule has 33 heavy (non-hydrogen) atoms. The topological polar surface area (TPSA) is 0 Å². The average molecular weight is 513 g/mol. The van der Waals surface area contributed by atoms with E-state index in [1.807, 2.05) is 6.08 Å². The van der Waals surface area contributed by atoms with Crippen LogP contribution in [0.3, 0.4) is 0 Å². The second-order valence-electron chi connectivity index (χ2n) is 12.9. The van der Waals surface area contributed by atoms with Crippen LogP contribution >= 0.6 is 0 Å². The quantitative estimate of drug-likeness (QED) is 0.164. The van der Waals surface area contributed by atoms with Crippen molar-refractivity contribution in [3.63, 3.8) is 0 Å². The van der Waals surface area contributed by atoms with Crippen LogP contribution in [-0.2, 0) is 0 Å². The van der Waals surface area contributed by atoms with E-state index in [1.54, 1.807) is 0 Å². The van der Waals surface area contributed by atoms with Gasteiger partial charge in [0, 0.05) is 5.04 Å². The summed E-state index contributed by atoms with van der Waals surface area (Å²) in [5, 5.41) is 0.196. The van der Waals surface area contributed by atoms with E-state index < -0.39 is 63.9 Å². The monoisotopic (exact) mass is 512 g/mol. The summed E-state index contributed by atoms with van der Waals surface area (Å²) in [4.78, 5) is 0. The molecule has 4 rings (SSSR count). The summed E-state index contributed by atoms with van der Waals surface area (Å²) < 4.78 is 73.9. The average Bonchev–Trinajstić information content (AvgIpc) is 2.63. The smallest absolute Gasteiger partial charge is 0.200 e. The third-order valence-electron chi connectivity index (χ3n) is 8.37. The first-order valence-electron chi connectivity index (χ1n) is 11.5. The van der Waals surface area contributed by atoms with Crippen LogP contribution in [0, 0.1) is 40.9 Å². The van der Waals surface area contributed by atoms with Crippen LogP contribution in [0.4, 0.5) is 22.0 Å². The molecule has 0 bridgehead atoms. The van der Waals surface area contributed by atoms with Crippen molar-refractivity contribution in [3.05, 3.63) is 64.2 Å². The van der Waals surface area contributed by atoms with Crippen LogP contribution in [0.5, 0.6) is 0 Å². The second-order valence-corrected chi connectivity index (χ2v) is 28.5. The second kappa shape index (κ2) is 6.91. The van der Waals surface area contributed by atoms with Crippen LogP contribution in [-0.4, -0.2) is 24.2 Å². The number of hydrogen-bond acceptors (Lipinski definition) is 0. The summed E-state index contributed by atoms with van der Waals surface area (Å²) >= 11 is 0. The molecular formula is C25H33F5Si3. The van der Waals surface area contributed by atoms with Crippen LogP contribution in [0.2, 0.25) is 69.0 Å². The molecule has 0 amide bonds. The molecule has 1 aromatic rings. The van der Waals surface area contributed by atoms with Crippen molar-refractivity contribution < 1.29 is 22.0 Å². The highest BCUT2D eigenvalue weighted by Gasteiger charge is 2.86. The van der Waals surface area contributed by atoms with E-state index in [2.05, 4.69) is 77.2 Å². The van der Waals surface area contributed by atoms with Gasteiger partial charge in [-0.2, -0.15) is 0 Å². The minimum absolute atomic E-state index is 0.00553. The van der Waals surface area contributed by atoms with Crippen LogP contribution in [0.1, 0.15) is 5.56 Å². The molecule has 0 nitrogen and oxygen atoms in total. The number of fused-ring (bicyclic) bond motifs is 4. The molecule has 1 fully saturated rings. The Bertz CT molecular complexity index is 1120. The first kappa shape index (κ1) is 24.9. The van der Waals surface area contributed by atoms with Gasteiger partial charge in [-0.1, -0.05) is 88.4 Å². The number of hydrogen-bond donors (Lipinski definition) is 0. The lowest BCUT2D eigenvalue weighted by Gasteiger charge is -2.85. The summed E-state index contributed by atoms with van der Waals surface area (Å²) in [7, 11) is -6.59. The van der Waals surface area contributed by atoms with E-state index in [1.165, 1.54) is 0 Å². The molecule has 3 aliphatic rings. The molecule has 4 atom stereocenters. The van der Waals surface area contributed by atoms with Gasteiger partial charge in [-0.3, -0.25) is 0 Å². The Kier molecular flexibility index (Phi) is 5.20. The maximum Gasteiger partial charge on any atom is 0.200 e. The zero-order valence-electron chi connectivity index (χ0n) is 20.9. The molecular weight excluding hydrogens is 480 g/mol. The zero-order chi connectivity index (χ0) is 25.1. The van der Waals surface area contributed by atoms with Crippen LogP contribution in [0.15, 0.2) is 29.5 Å². The van der Waals surface area contributed by atoms with Crippen molar-refractivity contribution >= 4 is 29.8 Å². The van der Waals surface area contributed by atoms with Gasteiger partial charge in [-0.05, 0) is 22.4 Å². The molecule has 0 radical (unpaired) electrons. The van der Waals surface area contributed by atoms with Crippen LogP contribution in [0.25, 0.3) is 5.57 Å². The van der Waals surface area contributed by atoms with Crippen molar-refractivity contribution in [3.8, 4) is 0 Å². The molecule has 0 N–H and O–H groups in total. The van der Waals surface area contributed by atoms with Crippen molar-refractivity contribution in [2.24, 2.45) is 11.8 Å². The summed E-state index contributed by atoms with van der Waals surface area (Å²) in [5.74, 6) is -8.95. The molecule has 180 valence electrons. The lowest BCUT2D eigenvalue weighted by atomic mass is 9.44. The van der Waals surface area contributed by atoms with Gasteiger partial charge in [0.25, 0.3) is 0 Å². The lowest BCUT2D eigenvalue weighted by Crippen LogP contribution is -2.79. The largest absolute Gasteiger partial charge is 0.203 e. The van der Waals surface area contributed by atoms with Gasteiger partial charge >= 0.3 is 0 Å². The number of benzene rings is 1.